The van der Waals surface area contributed by atoms with Gasteiger partial charge >= 0.3 is 0 Å². The smallest absolute Gasteiger partial charge is 0.164 e. The van der Waals surface area contributed by atoms with Crippen molar-refractivity contribution in [1.29, 1.82) is 0 Å². The first-order chi connectivity index (χ1) is 24.2. The number of allylic oxidation sites excluding steroid dienone is 1. The van der Waals surface area contributed by atoms with Gasteiger partial charge in [-0.05, 0) is 71.0 Å². The highest BCUT2D eigenvalue weighted by molar-refractivity contribution is 7.25. The number of benzene rings is 6. The van der Waals surface area contributed by atoms with Gasteiger partial charge in [0, 0.05) is 47.6 Å². The second-order valence-electron chi connectivity index (χ2n) is 12.8. The summed E-state index contributed by atoms with van der Waals surface area (Å²) in [6, 6.07) is 46.8. The van der Waals surface area contributed by atoms with Crippen LogP contribution in [0, 0.1) is 5.92 Å². The van der Waals surface area contributed by atoms with Crippen molar-refractivity contribution >= 4 is 65.1 Å². The lowest BCUT2D eigenvalue weighted by molar-refractivity contribution is 0.669. The lowest BCUT2D eigenvalue weighted by Gasteiger charge is -2.22. The summed E-state index contributed by atoms with van der Waals surface area (Å²) in [4.78, 5) is 15.7. The van der Waals surface area contributed by atoms with Crippen molar-refractivity contribution in [3.63, 3.8) is 0 Å². The number of fused-ring (bicyclic) bond motifs is 7. The molecule has 0 fully saturated rings. The molecule has 232 valence electrons. The molecule has 0 radical (unpaired) electrons. The van der Waals surface area contributed by atoms with Crippen molar-refractivity contribution in [2.45, 2.75) is 13.3 Å². The van der Waals surface area contributed by atoms with Gasteiger partial charge in [0.15, 0.2) is 17.5 Å². The third kappa shape index (κ3) is 4.61. The van der Waals surface area contributed by atoms with Gasteiger partial charge in [-0.15, -0.1) is 11.3 Å². The Morgan fingerprint density at radius 2 is 1.27 bits per heavy atom. The number of hydrogen-bond acceptors (Lipinski definition) is 5. The summed E-state index contributed by atoms with van der Waals surface area (Å²) < 4.78 is 8.72. The van der Waals surface area contributed by atoms with Gasteiger partial charge < -0.3 is 4.42 Å². The normalized spacial score (nSPS) is 14.5. The maximum Gasteiger partial charge on any atom is 0.164 e. The fourth-order valence-corrected chi connectivity index (χ4v) is 8.58. The highest BCUT2D eigenvalue weighted by Gasteiger charge is 2.24. The Labute approximate surface area is 287 Å². The van der Waals surface area contributed by atoms with E-state index in [1.54, 1.807) is 0 Å². The molecule has 49 heavy (non-hydrogen) atoms. The van der Waals surface area contributed by atoms with Crippen LogP contribution < -0.4 is 0 Å². The van der Waals surface area contributed by atoms with E-state index in [-0.39, 0.29) is 5.92 Å². The topological polar surface area (TPSA) is 51.8 Å². The number of hydrogen-bond donors (Lipinski definition) is 0. The van der Waals surface area contributed by atoms with Crippen LogP contribution in [0.25, 0.3) is 87.7 Å². The third-order valence-electron chi connectivity index (χ3n) is 9.79. The van der Waals surface area contributed by atoms with Crippen LogP contribution in [-0.2, 0) is 6.42 Å². The van der Waals surface area contributed by atoms with Gasteiger partial charge in [-0.3, -0.25) is 0 Å². The standard InChI is InChI=1S/C44H29N3OS/c1-26-23-27-11-2-3-12-28(27)25-35(26)44-46-42(45-43(47-44)34-18-10-22-39-41(34)33-16-5-7-21-38(33)49-39)30-14-8-13-29(24-30)31-17-9-20-37-40(31)32-15-4-6-19-36(32)48-37/h2-22,24-26H,23H2,1H3. The zero-order valence-corrected chi connectivity index (χ0v) is 27.5. The zero-order valence-electron chi connectivity index (χ0n) is 26.7. The van der Waals surface area contributed by atoms with Crippen molar-refractivity contribution in [2.75, 3.05) is 0 Å². The van der Waals surface area contributed by atoms with Crippen LogP contribution in [0.15, 0.2) is 138 Å². The Morgan fingerprint density at radius 1 is 0.571 bits per heavy atom. The van der Waals surface area contributed by atoms with E-state index in [2.05, 4.69) is 128 Å². The molecule has 5 heteroatoms. The van der Waals surface area contributed by atoms with Crippen molar-refractivity contribution in [2.24, 2.45) is 5.92 Å². The van der Waals surface area contributed by atoms with Crippen molar-refractivity contribution in [3.05, 3.63) is 150 Å². The SMILES string of the molecule is CC1Cc2ccccc2C=C1c1nc(-c2cccc(-c3cccc4oc5ccccc5c34)c2)nc(-c2cccc3sc4ccccc4c23)n1. The molecule has 1 atom stereocenters. The fourth-order valence-electron chi connectivity index (χ4n) is 7.45. The molecule has 3 aromatic heterocycles. The maximum absolute atomic E-state index is 6.23. The summed E-state index contributed by atoms with van der Waals surface area (Å²) in [6.07, 6.45) is 3.22. The number of rotatable bonds is 4. The highest BCUT2D eigenvalue weighted by atomic mass is 32.1. The average Bonchev–Trinajstić information content (AvgIpc) is 3.73. The van der Waals surface area contributed by atoms with Gasteiger partial charge in [0.05, 0.1) is 0 Å². The van der Waals surface area contributed by atoms with Crippen LogP contribution in [0.4, 0.5) is 0 Å². The minimum absolute atomic E-state index is 0.258. The van der Waals surface area contributed by atoms with Gasteiger partial charge in [0.2, 0.25) is 0 Å². The predicted octanol–water partition coefficient (Wildman–Crippen LogP) is 11.9. The van der Waals surface area contributed by atoms with Crippen LogP contribution in [0.5, 0.6) is 0 Å². The molecule has 4 nitrogen and oxygen atoms in total. The molecule has 9 aromatic rings. The Morgan fingerprint density at radius 3 is 2.22 bits per heavy atom. The molecular weight excluding hydrogens is 619 g/mol. The van der Waals surface area contributed by atoms with Crippen LogP contribution in [-0.4, -0.2) is 15.0 Å². The molecule has 3 heterocycles. The van der Waals surface area contributed by atoms with Crippen LogP contribution in [0.1, 0.15) is 23.9 Å². The summed E-state index contributed by atoms with van der Waals surface area (Å²) in [5.74, 6) is 2.34. The van der Waals surface area contributed by atoms with Crippen LogP contribution >= 0.6 is 11.3 Å². The van der Waals surface area contributed by atoms with Gasteiger partial charge in [0.1, 0.15) is 11.2 Å². The second-order valence-corrected chi connectivity index (χ2v) is 13.9. The van der Waals surface area contributed by atoms with E-state index < -0.39 is 0 Å². The minimum atomic E-state index is 0.258. The zero-order chi connectivity index (χ0) is 32.5. The predicted molar refractivity (Wildman–Crippen MR) is 203 cm³/mol. The molecule has 10 rings (SSSR count). The van der Waals surface area contributed by atoms with E-state index in [1.807, 2.05) is 29.5 Å². The molecule has 0 amide bonds. The van der Waals surface area contributed by atoms with Crippen molar-refractivity contribution in [3.8, 4) is 33.9 Å². The van der Waals surface area contributed by atoms with E-state index in [1.165, 1.54) is 31.3 Å². The average molecular weight is 648 g/mol. The third-order valence-corrected chi connectivity index (χ3v) is 10.9. The molecule has 0 saturated heterocycles. The molecular formula is C44H29N3OS. The molecule has 0 aliphatic heterocycles. The highest BCUT2D eigenvalue weighted by Crippen LogP contribution is 2.41. The number of para-hydroxylation sites is 1. The summed E-state index contributed by atoms with van der Waals surface area (Å²) in [6.45, 7) is 2.27. The molecule has 0 spiro atoms. The number of nitrogens with zero attached hydrogens (tertiary/aromatic N) is 3. The van der Waals surface area contributed by atoms with E-state index >= 15 is 0 Å². The summed E-state index contributed by atoms with van der Waals surface area (Å²) in [5, 5.41) is 4.64. The summed E-state index contributed by atoms with van der Waals surface area (Å²) in [5.41, 5.74) is 9.66. The number of thiophene rings is 1. The lowest BCUT2D eigenvalue weighted by atomic mass is 9.84. The first-order valence-electron chi connectivity index (χ1n) is 16.7. The van der Waals surface area contributed by atoms with Gasteiger partial charge in [-0.2, -0.15) is 0 Å². The summed E-state index contributed by atoms with van der Waals surface area (Å²) >= 11 is 1.81. The van der Waals surface area contributed by atoms with E-state index in [0.717, 1.165) is 62.0 Å². The van der Waals surface area contributed by atoms with E-state index in [0.29, 0.717) is 11.6 Å². The number of aromatic nitrogens is 3. The summed E-state index contributed by atoms with van der Waals surface area (Å²) in [7, 11) is 0. The molecule has 1 unspecified atom stereocenters. The first-order valence-corrected chi connectivity index (χ1v) is 17.5. The van der Waals surface area contributed by atoms with Gasteiger partial charge in [-0.25, -0.2) is 15.0 Å². The molecule has 0 bridgehead atoms. The van der Waals surface area contributed by atoms with Gasteiger partial charge in [0.25, 0.3) is 0 Å². The Balaban J connectivity index is 1.20. The Kier molecular flexibility index (Phi) is 6.36. The molecule has 1 aliphatic rings. The van der Waals surface area contributed by atoms with Gasteiger partial charge in [-0.1, -0.05) is 110 Å². The quantitative estimate of drug-likeness (QED) is 0.191. The van der Waals surface area contributed by atoms with E-state index in [9.17, 15) is 0 Å². The fraction of sp³-hybridized carbons (Fsp3) is 0.0682. The Hall–Kier alpha value is -5.91. The van der Waals surface area contributed by atoms with Crippen LogP contribution in [0.2, 0.25) is 0 Å². The number of furan rings is 1. The van der Waals surface area contributed by atoms with E-state index in [4.69, 9.17) is 19.4 Å². The maximum atomic E-state index is 6.23. The first kappa shape index (κ1) is 28.1. The van der Waals surface area contributed by atoms with Crippen molar-refractivity contribution < 1.29 is 4.42 Å². The second kappa shape index (κ2) is 11.1. The molecule has 0 N–H and O–H groups in total. The Bertz CT molecular complexity index is 2790. The lowest BCUT2D eigenvalue weighted by Crippen LogP contribution is -2.13. The minimum Gasteiger partial charge on any atom is -0.456 e. The van der Waals surface area contributed by atoms with Crippen LogP contribution in [0.3, 0.4) is 0 Å². The molecule has 6 aromatic carbocycles. The largest absolute Gasteiger partial charge is 0.456 e. The van der Waals surface area contributed by atoms with Crippen molar-refractivity contribution in [1.82, 2.24) is 15.0 Å². The molecule has 1 aliphatic carbocycles. The monoisotopic (exact) mass is 647 g/mol. The molecule has 0 saturated carbocycles.